The molecule has 0 aliphatic heterocycles. The third-order valence-electron chi connectivity index (χ3n) is 4.65. The van der Waals surface area contributed by atoms with Crippen LogP contribution >= 0.6 is 0 Å². The molecule has 4 nitrogen and oxygen atoms in total. The van der Waals surface area contributed by atoms with Crippen molar-refractivity contribution < 1.29 is 4.79 Å². The lowest BCUT2D eigenvalue weighted by atomic mass is 9.65. The second kappa shape index (κ2) is 6.42. The first kappa shape index (κ1) is 16.1. The molecular formula is C20H21N3O. The molecule has 0 aliphatic rings. The summed E-state index contributed by atoms with van der Waals surface area (Å²) >= 11 is 0. The Bertz CT molecular complexity index is 856. The minimum Gasteiger partial charge on any atom is -0.293 e. The fourth-order valence-corrected chi connectivity index (χ4v) is 3.58. The van der Waals surface area contributed by atoms with E-state index in [4.69, 9.17) is 5.84 Å². The van der Waals surface area contributed by atoms with E-state index in [0.29, 0.717) is 0 Å². The molecule has 0 bridgehead atoms. The van der Waals surface area contributed by atoms with Gasteiger partial charge >= 0.3 is 0 Å². The Morgan fingerprint density at radius 2 is 1.79 bits per heavy atom. The molecule has 1 heterocycles. The van der Waals surface area contributed by atoms with Gasteiger partial charge in [0.1, 0.15) is 5.41 Å². The largest absolute Gasteiger partial charge is 0.293 e. The highest BCUT2D eigenvalue weighted by Crippen LogP contribution is 2.42. The van der Waals surface area contributed by atoms with Gasteiger partial charge in [-0.05, 0) is 29.2 Å². The maximum Gasteiger partial charge on any atom is 0.249 e. The summed E-state index contributed by atoms with van der Waals surface area (Å²) in [6, 6.07) is 19.6. The number of benzene rings is 2. The van der Waals surface area contributed by atoms with Crippen molar-refractivity contribution in [3.8, 4) is 0 Å². The van der Waals surface area contributed by atoms with Gasteiger partial charge in [-0.1, -0.05) is 62.4 Å². The van der Waals surface area contributed by atoms with Crippen LogP contribution < -0.4 is 11.3 Å². The van der Waals surface area contributed by atoms with Gasteiger partial charge in [-0.25, -0.2) is 5.84 Å². The molecule has 24 heavy (non-hydrogen) atoms. The van der Waals surface area contributed by atoms with Crippen LogP contribution in [0.25, 0.3) is 10.9 Å². The fraction of sp³-hybridized carbons (Fsp3) is 0.200. The Kier molecular flexibility index (Phi) is 4.32. The number of hydrogen-bond acceptors (Lipinski definition) is 3. The Morgan fingerprint density at radius 3 is 2.46 bits per heavy atom. The van der Waals surface area contributed by atoms with Crippen molar-refractivity contribution in [2.45, 2.75) is 19.3 Å². The number of nitrogens with zero attached hydrogens (tertiary/aromatic N) is 1. The number of carbonyl (C=O) groups is 1. The average molecular weight is 319 g/mol. The summed E-state index contributed by atoms with van der Waals surface area (Å²) in [6.45, 7) is 4.08. The van der Waals surface area contributed by atoms with E-state index in [0.717, 1.165) is 22.0 Å². The molecule has 0 spiro atoms. The molecule has 122 valence electrons. The zero-order valence-corrected chi connectivity index (χ0v) is 13.9. The molecule has 1 aromatic heterocycles. The summed E-state index contributed by atoms with van der Waals surface area (Å²) in [7, 11) is 0. The van der Waals surface area contributed by atoms with E-state index in [1.165, 1.54) is 0 Å². The van der Waals surface area contributed by atoms with Crippen molar-refractivity contribution >= 4 is 16.8 Å². The molecule has 0 saturated heterocycles. The predicted molar refractivity (Wildman–Crippen MR) is 96.1 cm³/mol. The van der Waals surface area contributed by atoms with Crippen molar-refractivity contribution in [3.63, 3.8) is 0 Å². The molecule has 1 unspecified atom stereocenters. The SMILES string of the molecule is CC(C)C(C(=O)NN)(c1ccccc1)c1cccc2ncccc12. The number of hydrogen-bond donors (Lipinski definition) is 2. The molecule has 3 rings (SSSR count). The number of carbonyl (C=O) groups excluding carboxylic acids is 1. The first-order chi connectivity index (χ1) is 11.6. The van der Waals surface area contributed by atoms with Crippen LogP contribution in [0.15, 0.2) is 66.9 Å². The summed E-state index contributed by atoms with van der Waals surface area (Å²) in [4.78, 5) is 17.5. The normalized spacial score (nSPS) is 13.7. The first-order valence-electron chi connectivity index (χ1n) is 8.03. The smallest absolute Gasteiger partial charge is 0.249 e. The molecule has 2 aromatic carbocycles. The number of aromatic nitrogens is 1. The summed E-state index contributed by atoms with van der Waals surface area (Å²) in [6.07, 6.45) is 1.76. The summed E-state index contributed by atoms with van der Waals surface area (Å²) < 4.78 is 0. The van der Waals surface area contributed by atoms with Crippen LogP contribution in [0.2, 0.25) is 0 Å². The minimum atomic E-state index is -0.890. The van der Waals surface area contributed by atoms with Crippen molar-refractivity contribution in [2.75, 3.05) is 0 Å². The Hall–Kier alpha value is -2.72. The van der Waals surface area contributed by atoms with E-state index in [2.05, 4.69) is 10.4 Å². The maximum atomic E-state index is 13.1. The summed E-state index contributed by atoms with van der Waals surface area (Å²) in [5.41, 5.74) is 4.19. The number of rotatable bonds is 4. The van der Waals surface area contributed by atoms with Gasteiger partial charge in [0, 0.05) is 11.6 Å². The molecule has 0 radical (unpaired) electrons. The van der Waals surface area contributed by atoms with Crippen LogP contribution in [-0.2, 0) is 10.2 Å². The van der Waals surface area contributed by atoms with Gasteiger partial charge in [-0.15, -0.1) is 0 Å². The summed E-state index contributed by atoms with van der Waals surface area (Å²) in [5.74, 6) is 5.37. The van der Waals surface area contributed by atoms with Crippen LogP contribution in [0.5, 0.6) is 0 Å². The predicted octanol–water partition coefficient (Wildman–Crippen LogP) is 3.17. The quantitative estimate of drug-likeness (QED) is 0.441. The molecule has 0 fully saturated rings. The van der Waals surface area contributed by atoms with E-state index < -0.39 is 5.41 Å². The number of nitrogens with two attached hydrogens (primary N) is 1. The van der Waals surface area contributed by atoms with Crippen LogP contribution in [-0.4, -0.2) is 10.9 Å². The number of pyridine rings is 1. The molecule has 3 aromatic rings. The Labute approximate surface area is 141 Å². The molecule has 1 amide bonds. The van der Waals surface area contributed by atoms with Crippen molar-refractivity contribution in [2.24, 2.45) is 11.8 Å². The van der Waals surface area contributed by atoms with Crippen LogP contribution in [0.1, 0.15) is 25.0 Å². The number of nitrogens with one attached hydrogen (secondary N) is 1. The molecule has 0 aliphatic carbocycles. The van der Waals surface area contributed by atoms with Gasteiger partial charge in [0.05, 0.1) is 5.52 Å². The third-order valence-corrected chi connectivity index (χ3v) is 4.65. The zero-order chi connectivity index (χ0) is 17.2. The van der Waals surface area contributed by atoms with E-state index in [-0.39, 0.29) is 11.8 Å². The number of fused-ring (bicyclic) bond motifs is 1. The molecule has 1 atom stereocenters. The standard InChI is InChI=1S/C20H21N3O/c1-14(2)20(19(24)23-21,15-8-4-3-5-9-15)17-11-6-12-18-16(17)10-7-13-22-18/h3-14H,21H2,1-2H3,(H,23,24). The highest BCUT2D eigenvalue weighted by molar-refractivity contribution is 5.97. The lowest BCUT2D eigenvalue weighted by Crippen LogP contribution is -2.51. The molecule has 3 N–H and O–H groups in total. The van der Waals surface area contributed by atoms with Gasteiger partial charge < -0.3 is 0 Å². The minimum absolute atomic E-state index is 0.00532. The fourth-order valence-electron chi connectivity index (χ4n) is 3.58. The van der Waals surface area contributed by atoms with E-state index in [1.54, 1.807) is 6.20 Å². The highest BCUT2D eigenvalue weighted by atomic mass is 16.2. The van der Waals surface area contributed by atoms with Crippen LogP contribution in [0.3, 0.4) is 0 Å². The van der Waals surface area contributed by atoms with Crippen LogP contribution in [0, 0.1) is 5.92 Å². The lowest BCUT2D eigenvalue weighted by Gasteiger charge is -2.37. The molecular weight excluding hydrogens is 298 g/mol. The molecule has 0 saturated carbocycles. The van der Waals surface area contributed by atoms with Gasteiger partial charge in [-0.2, -0.15) is 0 Å². The van der Waals surface area contributed by atoms with Crippen molar-refractivity contribution in [1.82, 2.24) is 10.4 Å². The second-order valence-electron chi connectivity index (χ2n) is 6.18. The summed E-state index contributed by atoms with van der Waals surface area (Å²) in [5, 5.41) is 0.959. The van der Waals surface area contributed by atoms with E-state index in [1.807, 2.05) is 74.5 Å². The zero-order valence-electron chi connectivity index (χ0n) is 13.9. The highest BCUT2D eigenvalue weighted by Gasteiger charge is 2.45. The van der Waals surface area contributed by atoms with Gasteiger partial charge in [-0.3, -0.25) is 15.2 Å². The van der Waals surface area contributed by atoms with E-state index >= 15 is 0 Å². The third kappa shape index (κ3) is 2.36. The van der Waals surface area contributed by atoms with Crippen LogP contribution in [0.4, 0.5) is 0 Å². The van der Waals surface area contributed by atoms with Crippen molar-refractivity contribution in [3.05, 3.63) is 78.0 Å². The lowest BCUT2D eigenvalue weighted by molar-refractivity contribution is -0.126. The van der Waals surface area contributed by atoms with E-state index in [9.17, 15) is 4.79 Å². The second-order valence-corrected chi connectivity index (χ2v) is 6.18. The number of hydrazine groups is 1. The topological polar surface area (TPSA) is 68.0 Å². The Morgan fingerprint density at radius 1 is 1.04 bits per heavy atom. The van der Waals surface area contributed by atoms with Gasteiger partial charge in [0.15, 0.2) is 0 Å². The monoisotopic (exact) mass is 319 g/mol. The van der Waals surface area contributed by atoms with Crippen molar-refractivity contribution in [1.29, 1.82) is 0 Å². The Balaban J connectivity index is 2.42. The maximum absolute atomic E-state index is 13.1. The van der Waals surface area contributed by atoms with Gasteiger partial charge in [0.25, 0.3) is 0 Å². The molecule has 4 heteroatoms. The first-order valence-corrected chi connectivity index (χ1v) is 8.03. The van der Waals surface area contributed by atoms with Gasteiger partial charge in [0.2, 0.25) is 5.91 Å². The number of amides is 1. The average Bonchev–Trinajstić information content (AvgIpc) is 2.63.